The van der Waals surface area contributed by atoms with E-state index in [-0.39, 0.29) is 24.0 Å². The average molecular weight is 426 g/mol. The average Bonchev–Trinajstić information content (AvgIpc) is 3.13. The Kier molecular flexibility index (Phi) is 6.28. The normalized spacial score (nSPS) is 24.6. The second-order valence-corrected chi connectivity index (χ2v) is 8.84. The number of thioether (sulfide) groups is 1. The molecule has 2 N–H and O–H groups in total. The zero-order valence-electron chi connectivity index (χ0n) is 14.3. The summed E-state index contributed by atoms with van der Waals surface area (Å²) in [6, 6.07) is 8.49. The largest absolute Gasteiger partial charge is 0.341 e. The molecule has 2 saturated heterocycles. The molecule has 1 aromatic rings. The highest BCUT2D eigenvalue weighted by Gasteiger charge is 2.42. The van der Waals surface area contributed by atoms with Crippen LogP contribution in [0.3, 0.4) is 0 Å². The van der Waals surface area contributed by atoms with Gasteiger partial charge in [-0.1, -0.05) is 40.5 Å². The molecule has 0 spiro atoms. The molecule has 0 aromatic heterocycles. The first-order valence-corrected chi connectivity index (χ1v) is 10.5. The van der Waals surface area contributed by atoms with Gasteiger partial charge in [-0.05, 0) is 24.5 Å². The Labute approximate surface area is 161 Å². The maximum atomic E-state index is 12.3. The van der Waals surface area contributed by atoms with Crippen LogP contribution < -0.4 is 10.6 Å². The number of fused-ring (bicyclic) bond motifs is 1. The number of amides is 3. The molecule has 0 saturated carbocycles. The van der Waals surface area contributed by atoms with Gasteiger partial charge < -0.3 is 15.5 Å². The van der Waals surface area contributed by atoms with Gasteiger partial charge in [0.2, 0.25) is 5.91 Å². The van der Waals surface area contributed by atoms with Crippen LogP contribution in [0.15, 0.2) is 28.7 Å². The number of carbonyl (C=O) groups is 2. The Bertz CT molecular complexity index is 643. The summed E-state index contributed by atoms with van der Waals surface area (Å²) < 4.78 is 1.04. The molecular weight excluding hydrogens is 402 g/mol. The molecule has 0 unspecified atom stereocenters. The lowest BCUT2D eigenvalue weighted by Crippen LogP contribution is -2.36. The monoisotopic (exact) mass is 425 g/mol. The molecule has 0 bridgehead atoms. The highest BCUT2D eigenvalue weighted by atomic mass is 79.9. The Balaban J connectivity index is 1.36. The summed E-state index contributed by atoms with van der Waals surface area (Å²) in [5.74, 6) is 1.17. The van der Waals surface area contributed by atoms with E-state index in [0.29, 0.717) is 18.2 Å². The van der Waals surface area contributed by atoms with Gasteiger partial charge in [-0.15, -0.1) is 0 Å². The van der Waals surface area contributed by atoms with Gasteiger partial charge in [-0.3, -0.25) is 4.79 Å². The van der Waals surface area contributed by atoms with Crippen LogP contribution in [0.4, 0.5) is 4.79 Å². The fraction of sp³-hybridized carbons (Fsp3) is 0.556. The number of halogens is 1. The van der Waals surface area contributed by atoms with Crippen LogP contribution in [0.1, 0.15) is 31.2 Å². The fourth-order valence-corrected chi connectivity index (χ4v) is 5.38. The number of nitrogens with one attached hydrogen (secondary N) is 2. The standard InChI is InChI=1S/C18H24BrN3O2S/c1-22(10-12-6-2-3-7-13(12)19)16(23)9-5-4-8-15-17-14(11-25-15)20-18(24)21-17/h2-3,6-7,14-15,17H,4-5,8-11H2,1H3,(H2,20,21,24)/t14-,15-,17-/m0/s1. The summed E-state index contributed by atoms with van der Waals surface area (Å²) in [6.07, 6.45) is 3.55. The third-order valence-corrected chi connectivity index (χ3v) is 7.14. The maximum absolute atomic E-state index is 12.3. The van der Waals surface area contributed by atoms with Gasteiger partial charge in [-0.25, -0.2) is 4.79 Å². The molecule has 3 rings (SSSR count). The Morgan fingerprint density at radius 1 is 1.32 bits per heavy atom. The van der Waals surface area contributed by atoms with E-state index >= 15 is 0 Å². The van der Waals surface area contributed by atoms with E-state index in [1.54, 1.807) is 4.90 Å². The smallest absolute Gasteiger partial charge is 0.315 e. The third-order valence-electron chi connectivity index (χ3n) is 4.86. The Hall–Kier alpha value is -1.21. The van der Waals surface area contributed by atoms with Crippen molar-refractivity contribution in [1.82, 2.24) is 15.5 Å². The molecule has 3 amide bonds. The molecule has 5 nitrogen and oxygen atoms in total. The van der Waals surface area contributed by atoms with E-state index in [2.05, 4.69) is 26.6 Å². The fourth-order valence-electron chi connectivity index (χ4n) is 3.43. The van der Waals surface area contributed by atoms with Crippen LogP contribution in [-0.4, -0.2) is 47.0 Å². The SMILES string of the molecule is CN(Cc1ccccc1Br)C(=O)CCCC[C@@H]1SC[C@@H]2NC(=O)N[C@@H]21. The van der Waals surface area contributed by atoms with Gasteiger partial charge in [-0.2, -0.15) is 11.8 Å². The van der Waals surface area contributed by atoms with Crippen molar-refractivity contribution in [3.05, 3.63) is 34.3 Å². The van der Waals surface area contributed by atoms with Crippen molar-refractivity contribution in [1.29, 1.82) is 0 Å². The van der Waals surface area contributed by atoms with Crippen LogP contribution in [-0.2, 0) is 11.3 Å². The minimum absolute atomic E-state index is 0.0378. The topological polar surface area (TPSA) is 61.4 Å². The van der Waals surface area contributed by atoms with Crippen LogP contribution in [0.25, 0.3) is 0 Å². The van der Waals surface area contributed by atoms with E-state index in [0.717, 1.165) is 35.1 Å². The lowest BCUT2D eigenvalue weighted by Gasteiger charge is -2.19. The molecule has 1 aromatic carbocycles. The van der Waals surface area contributed by atoms with Crippen LogP contribution in [0, 0.1) is 0 Å². The van der Waals surface area contributed by atoms with Crippen LogP contribution >= 0.6 is 27.7 Å². The molecule has 136 valence electrons. The van der Waals surface area contributed by atoms with Crippen molar-refractivity contribution < 1.29 is 9.59 Å². The van der Waals surface area contributed by atoms with Gasteiger partial charge in [0.15, 0.2) is 0 Å². The minimum atomic E-state index is -0.0378. The maximum Gasteiger partial charge on any atom is 0.315 e. The zero-order valence-corrected chi connectivity index (χ0v) is 16.7. The van der Waals surface area contributed by atoms with E-state index in [1.807, 2.05) is 43.1 Å². The van der Waals surface area contributed by atoms with E-state index < -0.39 is 0 Å². The predicted molar refractivity (Wildman–Crippen MR) is 105 cm³/mol. The van der Waals surface area contributed by atoms with E-state index in [4.69, 9.17) is 0 Å². The Morgan fingerprint density at radius 3 is 2.92 bits per heavy atom. The summed E-state index contributed by atoms with van der Waals surface area (Å²) in [5.41, 5.74) is 1.12. The minimum Gasteiger partial charge on any atom is -0.341 e. The first-order valence-electron chi connectivity index (χ1n) is 8.70. The van der Waals surface area contributed by atoms with Gasteiger partial charge in [0.25, 0.3) is 0 Å². The summed E-state index contributed by atoms with van der Waals surface area (Å²) in [6.45, 7) is 0.625. The molecule has 3 atom stereocenters. The first-order chi connectivity index (χ1) is 12.0. The quantitative estimate of drug-likeness (QED) is 0.520. The van der Waals surface area contributed by atoms with Crippen molar-refractivity contribution in [2.75, 3.05) is 12.8 Å². The summed E-state index contributed by atoms with van der Waals surface area (Å²) in [7, 11) is 1.86. The van der Waals surface area contributed by atoms with Gasteiger partial charge in [0.05, 0.1) is 12.1 Å². The van der Waals surface area contributed by atoms with E-state index in [1.165, 1.54) is 0 Å². The van der Waals surface area contributed by atoms with Crippen molar-refractivity contribution in [2.24, 2.45) is 0 Å². The summed E-state index contributed by atoms with van der Waals surface area (Å²) in [4.78, 5) is 25.5. The van der Waals surface area contributed by atoms with Gasteiger partial charge in [0.1, 0.15) is 0 Å². The summed E-state index contributed by atoms with van der Waals surface area (Å²) in [5, 5.41) is 6.45. The zero-order chi connectivity index (χ0) is 17.8. The second kappa shape index (κ2) is 8.45. The van der Waals surface area contributed by atoms with Crippen LogP contribution in [0.2, 0.25) is 0 Å². The number of unbranched alkanes of at least 4 members (excludes halogenated alkanes) is 1. The molecule has 2 heterocycles. The van der Waals surface area contributed by atoms with Gasteiger partial charge in [0, 0.05) is 35.5 Å². The number of hydrogen-bond acceptors (Lipinski definition) is 3. The highest BCUT2D eigenvalue weighted by Crippen LogP contribution is 2.33. The van der Waals surface area contributed by atoms with Crippen molar-refractivity contribution in [3.63, 3.8) is 0 Å². The van der Waals surface area contributed by atoms with E-state index in [9.17, 15) is 9.59 Å². The molecule has 2 fully saturated rings. The number of rotatable bonds is 7. The number of nitrogens with zero attached hydrogens (tertiary/aromatic N) is 1. The number of urea groups is 1. The molecule has 25 heavy (non-hydrogen) atoms. The molecule has 7 heteroatoms. The molecular formula is C18H24BrN3O2S. The Morgan fingerprint density at radius 2 is 2.12 bits per heavy atom. The molecule has 0 radical (unpaired) electrons. The van der Waals surface area contributed by atoms with Crippen molar-refractivity contribution >= 4 is 39.6 Å². The molecule has 2 aliphatic heterocycles. The lowest BCUT2D eigenvalue weighted by molar-refractivity contribution is -0.130. The number of hydrogen-bond donors (Lipinski definition) is 2. The highest BCUT2D eigenvalue weighted by molar-refractivity contribution is 9.10. The molecule has 0 aliphatic carbocycles. The van der Waals surface area contributed by atoms with Crippen molar-refractivity contribution in [2.45, 2.75) is 49.6 Å². The first kappa shape index (κ1) is 18.6. The third kappa shape index (κ3) is 4.70. The summed E-state index contributed by atoms with van der Waals surface area (Å²) >= 11 is 5.45. The predicted octanol–water partition coefficient (Wildman–Crippen LogP) is 3.13. The lowest BCUT2D eigenvalue weighted by atomic mass is 10.0. The number of benzene rings is 1. The number of carbonyl (C=O) groups excluding carboxylic acids is 2. The van der Waals surface area contributed by atoms with Crippen molar-refractivity contribution in [3.8, 4) is 0 Å². The van der Waals surface area contributed by atoms with Gasteiger partial charge >= 0.3 is 6.03 Å². The second-order valence-electron chi connectivity index (χ2n) is 6.71. The molecule has 2 aliphatic rings. The van der Waals surface area contributed by atoms with Crippen LogP contribution in [0.5, 0.6) is 0 Å².